The highest BCUT2D eigenvalue weighted by molar-refractivity contribution is 7.49. The number of para-hydroxylation sites is 2. The quantitative estimate of drug-likeness (QED) is 0.0175. The molecule has 0 saturated carbocycles. The second-order valence-corrected chi connectivity index (χ2v) is 33.7. The van der Waals surface area contributed by atoms with E-state index < -0.39 is 138 Å². The van der Waals surface area contributed by atoms with Crippen LogP contribution in [0.1, 0.15) is 253 Å². The van der Waals surface area contributed by atoms with Gasteiger partial charge in [0.25, 0.3) is 0 Å². The third-order valence-electron chi connectivity index (χ3n) is 17.5. The summed E-state index contributed by atoms with van der Waals surface area (Å²) in [6.45, 7) is 7.95. The number of benzene rings is 3. The molecular weight excluding hydrogens is 1530 g/mol. The smallest absolute Gasteiger partial charge is 0.462 e. The van der Waals surface area contributed by atoms with Crippen LogP contribution in [0, 0.1) is 0 Å². The Morgan fingerprint density at radius 3 is 1.45 bits per heavy atom. The Hall–Kier alpha value is -5.00. The summed E-state index contributed by atoms with van der Waals surface area (Å²) in [5, 5.41) is 5.27. The van der Waals surface area contributed by atoms with E-state index in [9.17, 15) is 28.8 Å². The number of ether oxygens (including phenoxy) is 9. The average Bonchev–Trinajstić information content (AvgIpc) is 0.771. The number of esters is 4. The molecule has 2 amide bonds. The minimum absolute atomic E-state index is 0.0630. The van der Waals surface area contributed by atoms with Crippen molar-refractivity contribution in [1.82, 2.24) is 10.6 Å². The highest BCUT2D eigenvalue weighted by atomic mass is 35.6. The molecule has 3 aromatic rings. The SMILES string of the molecule is CCCCCCCCCCC[C@H](CC(=O)N[C@@H](CO[C@@H]1O[C@H](COC(=O)OC(C)(C)C(Cl)(Cl)Cl)[C@@H](OP(=O)(Oc2ccccc2)Oc2ccccc2)[C@H](OC(=O)C[C@@H](CCCCCCCCCCC)OC(=O)CCCCCC)[C@H]1NC(=O)OCC(Cl)(Cl)Cl)C(=O)OCc1ccccc1)OC(=O)CCCCCC. The Bertz CT molecular complexity index is 3000. The van der Waals surface area contributed by atoms with Crippen LogP contribution < -0.4 is 19.7 Å². The molecule has 1 fully saturated rings. The average molecular weight is 1640 g/mol. The molecule has 29 heteroatoms. The lowest BCUT2D eigenvalue weighted by Crippen LogP contribution is -2.67. The van der Waals surface area contributed by atoms with Crippen molar-refractivity contribution in [3.63, 3.8) is 0 Å². The van der Waals surface area contributed by atoms with Crippen molar-refractivity contribution in [2.45, 2.75) is 316 Å². The van der Waals surface area contributed by atoms with Gasteiger partial charge in [-0.2, -0.15) is 0 Å². The molecule has 107 heavy (non-hydrogen) atoms. The van der Waals surface area contributed by atoms with Gasteiger partial charge in [0, 0.05) is 12.8 Å². The first-order chi connectivity index (χ1) is 51.2. The molecule has 1 heterocycles. The standard InChI is InChI=1S/C78H115Cl6N2O20P/c1-7-11-15-19-21-23-25-27-34-48-61(99-66(88)50-40-17-13-9-3)52-65(87)85-63(72(91)95-54-58-42-32-29-33-43-58)55-96-73-69(86-74(92)98-57-77(79,80)81)71(102-68(90)53-62(100-67(89)51-41-18-14-10-4)49-35-28-26-24-22-20-16-12-8-2)70(64(101-73)56-97-75(93)103-76(5,6)78(82,83)84)106-107(94,104-59-44-36-30-37-45-59)105-60-46-38-31-39-47-60/h29-33,36-39,42-47,61-64,69-71,73H,7-28,34-35,40-41,48-57H2,1-6H3,(H,85,87)(H,86,92)/t61-,62-,63+,64-,69-,70-,71-,73-/m1/s1. The van der Waals surface area contributed by atoms with Crippen LogP contribution in [0.25, 0.3) is 0 Å². The highest BCUT2D eigenvalue weighted by Crippen LogP contribution is 2.53. The number of carbonyl (C=O) groups is 7. The van der Waals surface area contributed by atoms with Gasteiger partial charge in [0.15, 0.2) is 24.0 Å². The topological polar surface area (TPSA) is 271 Å². The van der Waals surface area contributed by atoms with Crippen molar-refractivity contribution in [3.8, 4) is 11.5 Å². The second kappa shape index (κ2) is 53.0. The summed E-state index contributed by atoms with van der Waals surface area (Å²) in [4.78, 5) is 100. The number of phosphoric ester groups is 1. The van der Waals surface area contributed by atoms with Gasteiger partial charge in [-0.05, 0) is 82.2 Å². The summed E-state index contributed by atoms with van der Waals surface area (Å²) in [7, 11) is -5.25. The fraction of sp³-hybridized carbons (Fsp3) is 0.679. The summed E-state index contributed by atoms with van der Waals surface area (Å²) in [6, 6.07) is 20.3. The van der Waals surface area contributed by atoms with E-state index in [1.807, 2.05) is 6.92 Å². The molecule has 8 atom stereocenters. The Balaban J connectivity index is 1.94. The lowest BCUT2D eigenvalue weighted by Gasteiger charge is -2.45. The second-order valence-electron chi connectivity index (χ2n) is 27.4. The zero-order valence-corrected chi connectivity index (χ0v) is 68.5. The van der Waals surface area contributed by atoms with Crippen LogP contribution in [0.3, 0.4) is 0 Å². The molecular formula is C78H115Cl6N2O20P. The van der Waals surface area contributed by atoms with Crippen molar-refractivity contribution in [1.29, 1.82) is 0 Å². The first kappa shape index (κ1) is 94.4. The molecule has 2 N–H and O–H groups in total. The van der Waals surface area contributed by atoms with Crippen molar-refractivity contribution in [3.05, 3.63) is 96.6 Å². The van der Waals surface area contributed by atoms with Gasteiger partial charge in [-0.1, -0.05) is 305 Å². The van der Waals surface area contributed by atoms with Gasteiger partial charge in [-0.15, -0.1) is 0 Å². The molecule has 1 aliphatic rings. The van der Waals surface area contributed by atoms with E-state index in [2.05, 4.69) is 31.4 Å². The van der Waals surface area contributed by atoms with Gasteiger partial charge in [-0.25, -0.2) is 18.9 Å². The molecule has 604 valence electrons. The van der Waals surface area contributed by atoms with E-state index >= 15 is 9.36 Å². The van der Waals surface area contributed by atoms with E-state index in [1.165, 1.54) is 51.0 Å². The van der Waals surface area contributed by atoms with Gasteiger partial charge in [0.05, 0.1) is 19.4 Å². The monoisotopic (exact) mass is 1640 g/mol. The van der Waals surface area contributed by atoms with Crippen LogP contribution in [-0.4, -0.2) is 124 Å². The number of carbonyl (C=O) groups excluding carboxylic acids is 7. The number of hydrogen-bond donors (Lipinski definition) is 2. The van der Waals surface area contributed by atoms with E-state index in [4.69, 9.17) is 126 Å². The Labute approximate surface area is 663 Å². The number of hydrogen-bond acceptors (Lipinski definition) is 20. The van der Waals surface area contributed by atoms with Crippen LogP contribution in [0.15, 0.2) is 91.0 Å². The maximum atomic E-state index is 15.8. The third-order valence-corrected chi connectivity index (χ3v) is 20.6. The summed E-state index contributed by atoms with van der Waals surface area (Å²) >= 11 is 37.1. The maximum absolute atomic E-state index is 15.8. The zero-order valence-electron chi connectivity index (χ0n) is 63.1. The Morgan fingerprint density at radius 2 is 0.981 bits per heavy atom. The van der Waals surface area contributed by atoms with Crippen molar-refractivity contribution < 1.29 is 94.3 Å². The highest BCUT2D eigenvalue weighted by Gasteiger charge is 2.55. The lowest BCUT2D eigenvalue weighted by atomic mass is 9.96. The number of rotatable bonds is 55. The molecule has 22 nitrogen and oxygen atoms in total. The number of alkyl carbamates (subject to hydrolysis) is 1. The minimum atomic E-state index is -5.25. The van der Waals surface area contributed by atoms with E-state index in [1.54, 1.807) is 66.7 Å². The number of phosphoric acid groups is 1. The molecule has 0 aromatic heterocycles. The molecule has 4 rings (SSSR count). The number of amides is 2. The van der Waals surface area contributed by atoms with E-state index in [0.717, 1.165) is 128 Å². The Kier molecular flexibility index (Phi) is 46.8. The van der Waals surface area contributed by atoms with E-state index in [-0.39, 0.29) is 43.8 Å². The molecule has 0 aliphatic carbocycles. The molecule has 0 radical (unpaired) electrons. The van der Waals surface area contributed by atoms with Gasteiger partial charge in [-0.3, -0.25) is 23.7 Å². The molecule has 3 aromatic carbocycles. The molecule has 0 bridgehead atoms. The van der Waals surface area contributed by atoms with Crippen LogP contribution in [0.2, 0.25) is 0 Å². The summed E-state index contributed by atoms with van der Waals surface area (Å²) in [5.74, 6) is -4.03. The fourth-order valence-corrected chi connectivity index (χ4v) is 13.2. The number of alkyl halides is 6. The summed E-state index contributed by atoms with van der Waals surface area (Å²) < 4.78 is 84.4. The predicted molar refractivity (Wildman–Crippen MR) is 415 cm³/mol. The predicted octanol–water partition coefficient (Wildman–Crippen LogP) is 20.7. The molecule has 0 unspecified atom stereocenters. The lowest BCUT2D eigenvalue weighted by molar-refractivity contribution is -0.272. The normalized spacial score (nSPS) is 17.0. The van der Waals surface area contributed by atoms with Gasteiger partial charge >= 0.3 is 43.9 Å². The van der Waals surface area contributed by atoms with Crippen molar-refractivity contribution in [2.24, 2.45) is 0 Å². The van der Waals surface area contributed by atoms with Gasteiger partial charge < -0.3 is 62.3 Å². The summed E-state index contributed by atoms with van der Waals surface area (Å²) in [6.07, 6.45) is 11.1. The van der Waals surface area contributed by atoms with Crippen molar-refractivity contribution >= 4 is 119 Å². The van der Waals surface area contributed by atoms with Crippen molar-refractivity contribution in [2.75, 3.05) is 19.8 Å². The first-order valence-corrected chi connectivity index (χ1v) is 41.9. The molecule has 1 saturated heterocycles. The first-order valence-electron chi connectivity index (χ1n) is 38.2. The fourth-order valence-electron chi connectivity index (χ4n) is 11.5. The number of nitrogens with one attached hydrogen (secondary N) is 2. The van der Waals surface area contributed by atoms with Crippen LogP contribution in [-0.2, 0) is 82.3 Å². The minimum Gasteiger partial charge on any atom is -0.462 e. The summed E-state index contributed by atoms with van der Waals surface area (Å²) in [5.41, 5.74) is -1.29. The third kappa shape index (κ3) is 41.2. The van der Waals surface area contributed by atoms with Crippen LogP contribution in [0.5, 0.6) is 11.5 Å². The van der Waals surface area contributed by atoms with Gasteiger partial charge in [0.1, 0.15) is 61.8 Å². The number of halogens is 6. The zero-order chi connectivity index (χ0) is 78.4. The Morgan fingerprint density at radius 1 is 0.533 bits per heavy atom. The van der Waals surface area contributed by atoms with E-state index in [0.29, 0.717) is 37.7 Å². The number of unbranched alkanes of at least 4 members (excludes halogenated alkanes) is 22. The van der Waals surface area contributed by atoms with Crippen LogP contribution >= 0.6 is 77.4 Å². The largest absolute Gasteiger partial charge is 0.588 e. The molecule has 1 aliphatic heterocycles. The molecule has 0 spiro atoms. The van der Waals surface area contributed by atoms with Gasteiger partial charge in [0.2, 0.25) is 13.5 Å². The maximum Gasteiger partial charge on any atom is 0.588 e. The van der Waals surface area contributed by atoms with Crippen LogP contribution in [0.4, 0.5) is 9.59 Å².